The van der Waals surface area contributed by atoms with Crippen LogP contribution in [-0.4, -0.2) is 46.4 Å². The zero-order valence-corrected chi connectivity index (χ0v) is 14.0. The zero-order valence-electron chi connectivity index (χ0n) is 14.0. The Hall–Kier alpha value is -1.89. The van der Waals surface area contributed by atoms with Gasteiger partial charge in [0, 0.05) is 16.9 Å². The number of ether oxygens (including phenoxy) is 2. The van der Waals surface area contributed by atoms with Crippen molar-refractivity contribution in [2.75, 3.05) is 6.61 Å². The molecule has 2 aliphatic carbocycles. The molecule has 7 heteroatoms. The van der Waals surface area contributed by atoms with Gasteiger partial charge in [-0.1, -0.05) is 27.2 Å². The van der Waals surface area contributed by atoms with Gasteiger partial charge in [0.2, 0.25) is 0 Å². The molecular formula is C17H22O7. The topological polar surface area (TPSA) is 110 Å². The highest BCUT2D eigenvalue weighted by Gasteiger charge is 2.69. The SMILES string of the molecule is CC1(C)CCC[C@]2(C)[C@@H]1[C@H](OC(=O)C(=O)O)C=C1COC(=O)[C@@]12O. The second-order valence-corrected chi connectivity index (χ2v) is 7.89. The number of carbonyl (C=O) groups excluding carboxylic acids is 2. The van der Waals surface area contributed by atoms with Crippen LogP contribution in [0.5, 0.6) is 0 Å². The van der Waals surface area contributed by atoms with E-state index >= 15 is 0 Å². The van der Waals surface area contributed by atoms with Gasteiger partial charge in [0.25, 0.3) is 0 Å². The van der Waals surface area contributed by atoms with Gasteiger partial charge in [0.05, 0.1) is 0 Å². The Kier molecular flexibility index (Phi) is 3.57. The zero-order chi connectivity index (χ0) is 17.9. The molecule has 1 saturated carbocycles. The molecule has 24 heavy (non-hydrogen) atoms. The van der Waals surface area contributed by atoms with Crippen LogP contribution in [-0.2, 0) is 23.9 Å². The Morgan fingerprint density at radius 1 is 1.29 bits per heavy atom. The van der Waals surface area contributed by atoms with Gasteiger partial charge in [-0.05, 0) is 24.3 Å². The Balaban J connectivity index is 2.13. The van der Waals surface area contributed by atoms with Crippen molar-refractivity contribution in [1.29, 1.82) is 0 Å². The van der Waals surface area contributed by atoms with Crippen LogP contribution in [0.25, 0.3) is 0 Å². The number of hydrogen-bond acceptors (Lipinski definition) is 6. The summed E-state index contributed by atoms with van der Waals surface area (Å²) in [6.07, 6.45) is 2.88. The van der Waals surface area contributed by atoms with Gasteiger partial charge in [-0.3, -0.25) is 0 Å². The first-order chi connectivity index (χ1) is 11.0. The van der Waals surface area contributed by atoms with Gasteiger partial charge in [-0.2, -0.15) is 0 Å². The molecule has 0 unspecified atom stereocenters. The van der Waals surface area contributed by atoms with E-state index in [1.807, 2.05) is 13.8 Å². The average molecular weight is 338 g/mol. The highest BCUT2D eigenvalue weighted by Crippen LogP contribution is 2.63. The first-order valence-corrected chi connectivity index (χ1v) is 8.09. The number of carbonyl (C=O) groups is 3. The van der Waals surface area contributed by atoms with Crippen LogP contribution in [0.15, 0.2) is 11.6 Å². The van der Waals surface area contributed by atoms with Crippen molar-refractivity contribution in [1.82, 2.24) is 0 Å². The maximum Gasteiger partial charge on any atom is 0.417 e. The van der Waals surface area contributed by atoms with E-state index in [1.54, 1.807) is 6.92 Å². The fourth-order valence-electron chi connectivity index (χ4n) is 5.12. The lowest BCUT2D eigenvalue weighted by Crippen LogP contribution is -2.65. The lowest BCUT2D eigenvalue weighted by Gasteiger charge is -2.59. The summed E-state index contributed by atoms with van der Waals surface area (Å²) in [6, 6.07) is 0. The number of rotatable bonds is 1. The number of cyclic esters (lactones) is 1. The molecule has 0 amide bonds. The summed E-state index contributed by atoms with van der Waals surface area (Å²) in [6.45, 7) is 5.71. The third kappa shape index (κ3) is 2.03. The fraction of sp³-hybridized carbons (Fsp3) is 0.706. The Labute approximate surface area is 139 Å². The maximum atomic E-state index is 12.3. The third-order valence-electron chi connectivity index (χ3n) is 6.10. The molecule has 1 heterocycles. The molecule has 0 aromatic carbocycles. The number of aliphatic carboxylic acids is 1. The molecule has 0 aromatic rings. The van der Waals surface area contributed by atoms with Crippen molar-refractivity contribution in [2.24, 2.45) is 16.7 Å². The predicted molar refractivity (Wildman–Crippen MR) is 80.7 cm³/mol. The Morgan fingerprint density at radius 3 is 2.58 bits per heavy atom. The minimum Gasteiger partial charge on any atom is -0.473 e. The average Bonchev–Trinajstić information content (AvgIpc) is 2.75. The van der Waals surface area contributed by atoms with Crippen LogP contribution in [0.3, 0.4) is 0 Å². The van der Waals surface area contributed by atoms with Gasteiger partial charge in [0.1, 0.15) is 12.7 Å². The Morgan fingerprint density at radius 2 is 1.96 bits per heavy atom. The molecule has 0 spiro atoms. The van der Waals surface area contributed by atoms with E-state index in [9.17, 15) is 19.5 Å². The van der Waals surface area contributed by atoms with Gasteiger partial charge in [0.15, 0.2) is 5.60 Å². The van der Waals surface area contributed by atoms with Crippen molar-refractivity contribution in [3.8, 4) is 0 Å². The van der Waals surface area contributed by atoms with Gasteiger partial charge < -0.3 is 19.7 Å². The number of aliphatic hydroxyl groups is 1. The van der Waals surface area contributed by atoms with E-state index in [-0.39, 0.29) is 12.0 Å². The molecule has 132 valence electrons. The quantitative estimate of drug-likeness (QED) is 0.417. The van der Waals surface area contributed by atoms with Crippen LogP contribution in [0.2, 0.25) is 0 Å². The van der Waals surface area contributed by atoms with Crippen molar-refractivity contribution in [3.63, 3.8) is 0 Å². The van der Waals surface area contributed by atoms with Gasteiger partial charge in [-0.25, -0.2) is 14.4 Å². The van der Waals surface area contributed by atoms with Crippen LogP contribution in [0, 0.1) is 16.7 Å². The molecule has 1 saturated heterocycles. The highest BCUT2D eigenvalue weighted by molar-refractivity contribution is 6.28. The van der Waals surface area contributed by atoms with Crippen molar-refractivity contribution < 1.29 is 34.1 Å². The van der Waals surface area contributed by atoms with E-state index in [0.29, 0.717) is 12.0 Å². The summed E-state index contributed by atoms with van der Waals surface area (Å²) >= 11 is 0. The molecular weight excluding hydrogens is 316 g/mol. The molecule has 0 bridgehead atoms. The third-order valence-corrected chi connectivity index (χ3v) is 6.10. The van der Waals surface area contributed by atoms with Crippen LogP contribution in [0.1, 0.15) is 40.0 Å². The number of esters is 2. The number of hydrogen-bond donors (Lipinski definition) is 2. The first-order valence-electron chi connectivity index (χ1n) is 8.09. The molecule has 1 aliphatic heterocycles. The van der Waals surface area contributed by atoms with Gasteiger partial charge in [-0.15, -0.1) is 0 Å². The lowest BCUT2D eigenvalue weighted by molar-refractivity contribution is -0.198. The summed E-state index contributed by atoms with van der Waals surface area (Å²) in [5, 5.41) is 20.1. The maximum absolute atomic E-state index is 12.3. The second kappa shape index (κ2) is 5.05. The monoisotopic (exact) mass is 338 g/mol. The molecule has 3 aliphatic rings. The summed E-state index contributed by atoms with van der Waals surface area (Å²) in [7, 11) is 0. The van der Waals surface area contributed by atoms with E-state index < -0.39 is 40.9 Å². The van der Waals surface area contributed by atoms with E-state index in [1.165, 1.54) is 6.08 Å². The number of carboxylic acid groups (broad SMARTS) is 1. The summed E-state index contributed by atoms with van der Waals surface area (Å²) in [5.41, 5.74) is -2.64. The van der Waals surface area contributed by atoms with Crippen LogP contribution >= 0.6 is 0 Å². The minimum absolute atomic E-state index is 0.0702. The molecule has 4 atom stereocenters. The van der Waals surface area contributed by atoms with E-state index in [4.69, 9.17) is 14.6 Å². The predicted octanol–water partition coefficient (Wildman–Crippen LogP) is 1.04. The lowest BCUT2D eigenvalue weighted by atomic mass is 9.46. The normalized spacial score (nSPS) is 40.0. The van der Waals surface area contributed by atoms with E-state index in [2.05, 4.69) is 0 Å². The molecule has 2 N–H and O–H groups in total. The number of fused-ring (bicyclic) bond motifs is 3. The molecule has 7 nitrogen and oxygen atoms in total. The summed E-state index contributed by atoms with van der Waals surface area (Å²) < 4.78 is 10.3. The molecule has 0 radical (unpaired) electrons. The highest BCUT2D eigenvalue weighted by atomic mass is 16.6. The second-order valence-electron chi connectivity index (χ2n) is 7.89. The van der Waals surface area contributed by atoms with Crippen molar-refractivity contribution >= 4 is 17.9 Å². The molecule has 0 aromatic heterocycles. The first kappa shape index (κ1) is 17.0. The standard InChI is InChI=1S/C17H22O7/c1-15(2)5-4-6-16(3)11(15)10(24-13(20)12(18)19)7-9-8-23-14(21)17(9,16)22/h7,10-11,22H,4-6,8H2,1-3H3,(H,18,19)/t10-,11-,16-,17+/m1/s1. The smallest absolute Gasteiger partial charge is 0.417 e. The fourth-order valence-corrected chi connectivity index (χ4v) is 5.12. The van der Waals surface area contributed by atoms with Gasteiger partial charge >= 0.3 is 17.9 Å². The molecule has 2 fully saturated rings. The number of carboxylic acids is 1. The summed E-state index contributed by atoms with van der Waals surface area (Å²) in [4.78, 5) is 34.8. The Bertz CT molecular complexity index is 649. The van der Waals surface area contributed by atoms with E-state index in [0.717, 1.165) is 12.8 Å². The van der Waals surface area contributed by atoms with Crippen molar-refractivity contribution in [3.05, 3.63) is 11.6 Å². The van der Waals surface area contributed by atoms with Crippen molar-refractivity contribution in [2.45, 2.75) is 51.7 Å². The summed E-state index contributed by atoms with van der Waals surface area (Å²) in [5.74, 6) is -4.08. The molecule has 3 rings (SSSR count). The van der Waals surface area contributed by atoms with Crippen LogP contribution in [0.4, 0.5) is 0 Å². The largest absolute Gasteiger partial charge is 0.473 e. The van der Waals surface area contributed by atoms with Crippen LogP contribution < -0.4 is 0 Å². The minimum atomic E-state index is -1.75.